The molecule has 3 N–H and O–H groups in total. The summed E-state index contributed by atoms with van der Waals surface area (Å²) in [7, 11) is 0. The van der Waals surface area contributed by atoms with Gasteiger partial charge in [-0.05, 0) is 18.6 Å². The van der Waals surface area contributed by atoms with Crippen LogP contribution in [0.25, 0.3) is 0 Å². The Kier molecular flexibility index (Phi) is 2.55. The van der Waals surface area contributed by atoms with Crippen LogP contribution in [0.2, 0.25) is 0 Å². The highest BCUT2D eigenvalue weighted by Crippen LogP contribution is 2.17. The van der Waals surface area contributed by atoms with Gasteiger partial charge in [-0.15, -0.1) is 0 Å². The molecular formula is C10H13N3O2. The second-order valence-corrected chi connectivity index (χ2v) is 3.70. The van der Waals surface area contributed by atoms with Crippen molar-refractivity contribution in [2.24, 2.45) is 5.73 Å². The zero-order valence-electron chi connectivity index (χ0n) is 8.26. The number of nitrogens with zero attached hydrogens (tertiary/aromatic N) is 2. The molecule has 0 spiro atoms. The molecule has 15 heavy (non-hydrogen) atoms. The maximum Gasteiger partial charge on any atom is 0.337 e. The fourth-order valence-corrected chi connectivity index (χ4v) is 1.70. The van der Waals surface area contributed by atoms with Crippen molar-refractivity contribution in [1.82, 2.24) is 4.98 Å². The summed E-state index contributed by atoms with van der Waals surface area (Å²) in [5.41, 5.74) is 5.99. The molecule has 1 saturated heterocycles. The normalized spacial score (nSPS) is 20.6. The summed E-state index contributed by atoms with van der Waals surface area (Å²) in [6.07, 6.45) is 2.34. The minimum Gasteiger partial charge on any atom is -0.478 e. The first kappa shape index (κ1) is 9.92. The van der Waals surface area contributed by atoms with Gasteiger partial charge in [0.15, 0.2) is 0 Å². The standard InChI is InChI=1S/C10H13N3O2/c11-8-3-4-13(6-8)9-2-1-7(5-12-9)10(14)15/h1-2,5,8H,3-4,6,11H2,(H,14,15). The van der Waals surface area contributed by atoms with E-state index in [1.54, 1.807) is 12.1 Å². The Morgan fingerprint density at radius 1 is 1.60 bits per heavy atom. The Morgan fingerprint density at radius 2 is 2.40 bits per heavy atom. The highest BCUT2D eigenvalue weighted by atomic mass is 16.4. The van der Waals surface area contributed by atoms with Crippen LogP contribution in [0, 0.1) is 0 Å². The van der Waals surface area contributed by atoms with Crippen LogP contribution in [0.1, 0.15) is 16.8 Å². The maximum atomic E-state index is 10.6. The number of rotatable bonds is 2. The molecule has 1 aliphatic rings. The molecule has 1 aromatic heterocycles. The zero-order chi connectivity index (χ0) is 10.8. The van der Waals surface area contributed by atoms with Crippen molar-refractivity contribution < 1.29 is 9.90 Å². The molecule has 1 aromatic rings. The minimum absolute atomic E-state index is 0.200. The summed E-state index contributed by atoms with van der Waals surface area (Å²) in [4.78, 5) is 16.8. The lowest BCUT2D eigenvalue weighted by Gasteiger charge is -2.16. The number of pyridine rings is 1. The van der Waals surface area contributed by atoms with Gasteiger partial charge in [0.1, 0.15) is 5.82 Å². The van der Waals surface area contributed by atoms with Gasteiger partial charge in [-0.3, -0.25) is 0 Å². The van der Waals surface area contributed by atoms with Crippen LogP contribution in [0.5, 0.6) is 0 Å². The maximum absolute atomic E-state index is 10.6. The van der Waals surface area contributed by atoms with Crippen molar-refractivity contribution in [1.29, 1.82) is 0 Å². The Labute approximate surface area is 87.5 Å². The summed E-state index contributed by atoms with van der Waals surface area (Å²) in [6.45, 7) is 1.68. The van der Waals surface area contributed by atoms with Crippen LogP contribution in [0.3, 0.4) is 0 Å². The van der Waals surface area contributed by atoms with Crippen LogP contribution in [0.4, 0.5) is 5.82 Å². The number of aromatic carboxylic acids is 1. The molecular weight excluding hydrogens is 194 g/mol. The summed E-state index contributed by atoms with van der Waals surface area (Å²) in [5, 5.41) is 8.71. The molecule has 0 radical (unpaired) electrons. The monoisotopic (exact) mass is 207 g/mol. The third-order valence-electron chi connectivity index (χ3n) is 2.54. The third kappa shape index (κ3) is 2.07. The first-order valence-electron chi connectivity index (χ1n) is 4.86. The van der Waals surface area contributed by atoms with Crippen LogP contribution >= 0.6 is 0 Å². The van der Waals surface area contributed by atoms with E-state index in [0.717, 1.165) is 25.3 Å². The molecule has 1 fully saturated rings. The van der Waals surface area contributed by atoms with E-state index in [2.05, 4.69) is 9.88 Å². The van der Waals surface area contributed by atoms with Crippen molar-refractivity contribution >= 4 is 11.8 Å². The van der Waals surface area contributed by atoms with Crippen LogP contribution < -0.4 is 10.6 Å². The van der Waals surface area contributed by atoms with Gasteiger partial charge in [0, 0.05) is 25.3 Å². The molecule has 1 atom stereocenters. The predicted molar refractivity (Wildman–Crippen MR) is 56.0 cm³/mol. The van der Waals surface area contributed by atoms with E-state index in [9.17, 15) is 4.79 Å². The molecule has 0 saturated carbocycles. The molecule has 2 rings (SSSR count). The topological polar surface area (TPSA) is 79.5 Å². The lowest BCUT2D eigenvalue weighted by molar-refractivity contribution is 0.0696. The van der Waals surface area contributed by atoms with E-state index in [-0.39, 0.29) is 11.6 Å². The number of carboxylic acid groups (broad SMARTS) is 1. The number of anilines is 1. The Hall–Kier alpha value is -1.62. The lowest BCUT2D eigenvalue weighted by Crippen LogP contribution is -2.26. The van der Waals surface area contributed by atoms with Gasteiger partial charge in [0.2, 0.25) is 0 Å². The smallest absolute Gasteiger partial charge is 0.337 e. The van der Waals surface area contributed by atoms with Gasteiger partial charge in [0.05, 0.1) is 5.56 Å². The first-order chi connectivity index (χ1) is 7.16. The Bertz CT molecular complexity index is 363. The van der Waals surface area contributed by atoms with Gasteiger partial charge in [0.25, 0.3) is 0 Å². The predicted octanol–water partition coefficient (Wildman–Crippen LogP) is 0.317. The number of aromatic nitrogens is 1. The molecule has 0 bridgehead atoms. The third-order valence-corrected chi connectivity index (χ3v) is 2.54. The molecule has 0 aromatic carbocycles. The van der Waals surface area contributed by atoms with Gasteiger partial charge in [-0.25, -0.2) is 9.78 Å². The van der Waals surface area contributed by atoms with E-state index >= 15 is 0 Å². The van der Waals surface area contributed by atoms with Gasteiger partial charge in [-0.2, -0.15) is 0 Å². The van der Waals surface area contributed by atoms with E-state index < -0.39 is 5.97 Å². The molecule has 0 amide bonds. The molecule has 1 aliphatic heterocycles. The van der Waals surface area contributed by atoms with Gasteiger partial charge >= 0.3 is 5.97 Å². The number of hydrogen-bond donors (Lipinski definition) is 2. The average molecular weight is 207 g/mol. The number of nitrogens with two attached hydrogens (primary N) is 1. The molecule has 2 heterocycles. The van der Waals surface area contributed by atoms with Crippen molar-refractivity contribution in [2.45, 2.75) is 12.5 Å². The second-order valence-electron chi connectivity index (χ2n) is 3.70. The van der Waals surface area contributed by atoms with Crippen LogP contribution in [0.15, 0.2) is 18.3 Å². The largest absolute Gasteiger partial charge is 0.478 e. The highest BCUT2D eigenvalue weighted by molar-refractivity contribution is 5.87. The summed E-state index contributed by atoms with van der Waals surface area (Å²) in [6, 6.07) is 3.49. The van der Waals surface area contributed by atoms with E-state index in [1.165, 1.54) is 6.20 Å². The Morgan fingerprint density at radius 3 is 2.87 bits per heavy atom. The quantitative estimate of drug-likeness (QED) is 0.730. The van der Waals surface area contributed by atoms with E-state index in [4.69, 9.17) is 10.8 Å². The van der Waals surface area contributed by atoms with Crippen molar-refractivity contribution in [2.75, 3.05) is 18.0 Å². The molecule has 80 valence electrons. The van der Waals surface area contributed by atoms with Crippen LogP contribution in [-0.2, 0) is 0 Å². The van der Waals surface area contributed by atoms with Crippen molar-refractivity contribution in [3.05, 3.63) is 23.9 Å². The van der Waals surface area contributed by atoms with Gasteiger partial charge in [-0.1, -0.05) is 0 Å². The minimum atomic E-state index is -0.952. The van der Waals surface area contributed by atoms with E-state index in [1.807, 2.05) is 0 Å². The lowest BCUT2D eigenvalue weighted by atomic mass is 10.3. The second kappa shape index (κ2) is 3.86. The molecule has 0 aliphatic carbocycles. The van der Waals surface area contributed by atoms with E-state index in [0.29, 0.717) is 0 Å². The van der Waals surface area contributed by atoms with Crippen LogP contribution in [-0.4, -0.2) is 35.2 Å². The first-order valence-corrected chi connectivity index (χ1v) is 4.86. The number of carboxylic acids is 1. The Balaban J connectivity index is 2.13. The molecule has 5 nitrogen and oxygen atoms in total. The fraction of sp³-hybridized carbons (Fsp3) is 0.400. The summed E-state index contributed by atoms with van der Waals surface area (Å²) < 4.78 is 0. The fourth-order valence-electron chi connectivity index (χ4n) is 1.70. The highest BCUT2D eigenvalue weighted by Gasteiger charge is 2.20. The van der Waals surface area contributed by atoms with Crippen molar-refractivity contribution in [3.63, 3.8) is 0 Å². The molecule has 5 heteroatoms. The summed E-state index contributed by atoms with van der Waals surface area (Å²) in [5.74, 6) is -0.153. The average Bonchev–Trinajstić information content (AvgIpc) is 2.65. The van der Waals surface area contributed by atoms with Gasteiger partial charge < -0.3 is 15.7 Å². The zero-order valence-corrected chi connectivity index (χ0v) is 8.26. The van der Waals surface area contributed by atoms with Crippen molar-refractivity contribution in [3.8, 4) is 0 Å². The molecule has 1 unspecified atom stereocenters. The SMILES string of the molecule is NC1CCN(c2ccc(C(=O)O)cn2)C1. The number of carbonyl (C=O) groups is 1. The summed E-state index contributed by atoms with van der Waals surface area (Å²) >= 11 is 0. The number of hydrogen-bond acceptors (Lipinski definition) is 4.